The molecule has 2 N–H and O–H groups in total. The summed E-state index contributed by atoms with van der Waals surface area (Å²) in [4.78, 5) is 28.6. The van der Waals surface area contributed by atoms with Gasteiger partial charge in [-0.3, -0.25) is 9.59 Å². The van der Waals surface area contributed by atoms with Gasteiger partial charge in [-0.15, -0.1) is 0 Å². The molecule has 0 aliphatic heterocycles. The molecule has 3 aromatic rings. The molecule has 0 saturated heterocycles. The predicted molar refractivity (Wildman–Crippen MR) is 91.5 cm³/mol. The number of nitrogens with one attached hydrogen (secondary N) is 2. The van der Waals surface area contributed by atoms with Crippen LogP contribution in [0.1, 0.15) is 23.3 Å². The van der Waals surface area contributed by atoms with Crippen molar-refractivity contribution in [3.63, 3.8) is 0 Å². The van der Waals surface area contributed by atoms with Crippen molar-refractivity contribution in [2.45, 2.75) is 12.8 Å². The maximum atomic E-state index is 12.1. The van der Waals surface area contributed by atoms with E-state index in [1.165, 1.54) is 11.3 Å². The van der Waals surface area contributed by atoms with Crippen LogP contribution in [-0.4, -0.2) is 33.6 Å². The van der Waals surface area contributed by atoms with Gasteiger partial charge in [0.05, 0.1) is 5.69 Å². The summed E-state index contributed by atoms with van der Waals surface area (Å²) in [5.41, 5.74) is 1.68. The summed E-state index contributed by atoms with van der Waals surface area (Å²) in [5, 5.41) is 10.3. The summed E-state index contributed by atoms with van der Waals surface area (Å²) in [6, 6.07) is 9.48. The van der Waals surface area contributed by atoms with Crippen molar-refractivity contribution in [2.75, 3.05) is 12.4 Å². The van der Waals surface area contributed by atoms with Crippen LogP contribution in [0.25, 0.3) is 16.0 Å². The Morgan fingerprint density at radius 1 is 1.25 bits per heavy atom. The van der Waals surface area contributed by atoms with Crippen molar-refractivity contribution in [3.05, 3.63) is 36.0 Å². The van der Waals surface area contributed by atoms with Crippen molar-refractivity contribution in [1.29, 1.82) is 0 Å². The molecule has 0 radical (unpaired) electrons. The fourth-order valence-electron chi connectivity index (χ4n) is 2.43. The Morgan fingerprint density at radius 3 is 2.67 bits per heavy atom. The summed E-state index contributed by atoms with van der Waals surface area (Å²) in [6.45, 7) is 0. The SMILES string of the molecule is CNC(=O)c1nn(-c2ccccc2)c2nc(NC(=O)C3CC3)sc12. The minimum absolute atomic E-state index is 0.00730. The highest BCUT2D eigenvalue weighted by Crippen LogP contribution is 2.34. The number of para-hydroxylation sites is 1. The standard InChI is InChI=1S/C16H15N5O2S/c1-17-15(23)11-12-13(21(20-11)10-5-3-2-4-6-10)18-16(24-12)19-14(22)9-7-8-9/h2-6,9H,7-8H2,1H3,(H,17,23)(H,18,19,22). The molecule has 0 bridgehead atoms. The first-order chi connectivity index (χ1) is 11.7. The molecular formula is C16H15N5O2S. The van der Waals surface area contributed by atoms with Crippen LogP contribution in [0.3, 0.4) is 0 Å². The summed E-state index contributed by atoms with van der Waals surface area (Å²) in [7, 11) is 1.56. The van der Waals surface area contributed by atoms with Crippen molar-refractivity contribution in [1.82, 2.24) is 20.1 Å². The highest BCUT2D eigenvalue weighted by Gasteiger charge is 2.31. The zero-order chi connectivity index (χ0) is 16.7. The van der Waals surface area contributed by atoms with E-state index in [0.717, 1.165) is 18.5 Å². The molecule has 2 aromatic heterocycles. The fourth-order valence-corrected chi connectivity index (χ4v) is 3.36. The molecule has 1 aromatic carbocycles. The third-order valence-corrected chi connectivity index (χ3v) is 4.81. The number of hydrogen-bond donors (Lipinski definition) is 2. The Morgan fingerprint density at radius 2 is 2.00 bits per heavy atom. The maximum absolute atomic E-state index is 12.1. The van der Waals surface area contributed by atoms with E-state index in [-0.39, 0.29) is 17.7 Å². The third-order valence-electron chi connectivity index (χ3n) is 3.85. The van der Waals surface area contributed by atoms with Crippen LogP contribution in [0.15, 0.2) is 30.3 Å². The molecule has 8 heteroatoms. The Labute approximate surface area is 141 Å². The lowest BCUT2D eigenvalue weighted by atomic mass is 10.3. The van der Waals surface area contributed by atoms with E-state index in [4.69, 9.17) is 0 Å². The van der Waals surface area contributed by atoms with Crippen molar-refractivity contribution in [3.8, 4) is 5.69 Å². The molecule has 1 aliphatic rings. The van der Waals surface area contributed by atoms with Crippen molar-refractivity contribution in [2.24, 2.45) is 5.92 Å². The highest BCUT2D eigenvalue weighted by atomic mass is 32.1. The Hall–Kier alpha value is -2.74. The Kier molecular flexibility index (Phi) is 3.53. The van der Waals surface area contributed by atoms with E-state index in [2.05, 4.69) is 20.7 Å². The first-order valence-electron chi connectivity index (χ1n) is 7.65. The number of thiazole rings is 1. The molecule has 0 unspecified atom stereocenters. The number of aromatic nitrogens is 3. The van der Waals surface area contributed by atoms with Crippen molar-refractivity contribution >= 4 is 38.6 Å². The topological polar surface area (TPSA) is 88.9 Å². The van der Waals surface area contributed by atoms with Crippen LogP contribution in [-0.2, 0) is 4.79 Å². The lowest BCUT2D eigenvalue weighted by molar-refractivity contribution is -0.117. The van der Waals surface area contributed by atoms with Crippen LogP contribution in [0.5, 0.6) is 0 Å². The normalized spacial score (nSPS) is 13.9. The maximum Gasteiger partial charge on any atom is 0.273 e. The van der Waals surface area contributed by atoms with E-state index in [9.17, 15) is 9.59 Å². The summed E-state index contributed by atoms with van der Waals surface area (Å²) >= 11 is 1.27. The van der Waals surface area contributed by atoms with Gasteiger partial charge in [-0.05, 0) is 25.0 Å². The van der Waals surface area contributed by atoms with Gasteiger partial charge in [0.1, 0.15) is 4.70 Å². The van der Waals surface area contributed by atoms with Gasteiger partial charge < -0.3 is 10.6 Å². The van der Waals surface area contributed by atoms with Gasteiger partial charge in [0.25, 0.3) is 5.91 Å². The number of nitrogens with zero attached hydrogens (tertiary/aromatic N) is 3. The second kappa shape index (κ2) is 5.72. The van der Waals surface area contributed by atoms with E-state index in [1.807, 2.05) is 30.3 Å². The Balaban J connectivity index is 1.81. The quantitative estimate of drug-likeness (QED) is 0.761. The van der Waals surface area contributed by atoms with Crippen LogP contribution in [0.4, 0.5) is 5.13 Å². The number of hydrogen-bond acceptors (Lipinski definition) is 5. The van der Waals surface area contributed by atoms with Crippen LogP contribution >= 0.6 is 11.3 Å². The van der Waals surface area contributed by atoms with E-state index < -0.39 is 0 Å². The summed E-state index contributed by atoms with van der Waals surface area (Å²) in [5.74, 6) is -0.188. The van der Waals surface area contributed by atoms with Crippen LogP contribution < -0.4 is 10.6 Å². The monoisotopic (exact) mass is 341 g/mol. The summed E-state index contributed by atoms with van der Waals surface area (Å²) in [6.07, 6.45) is 1.86. The lowest BCUT2D eigenvalue weighted by Gasteiger charge is -2.01. The molecule has 24 heavy (non-hydrogen) atoms. The average molecular weight is 341 g/mol. The molecule has 0 atom stereocenters. The van der Waals surface area contributed by atoms with E-state index in [1.54, 1.807) is 11.7 Å². The molecule has 1 aliphatic carbocycles. The molecule has 122 valence electrons. The molecule has 4 rings (SSSR count). The number of benzene rings is 1. The molecule has 2 amide bonds. The summed E-state index contributed by atoms with van der Waals surface area (Å²) < 4.78 is 2.28. The van der Waals surface area contributed by atoms with Crippen molar-refractivity contribution < 1.29 is 9.59 Å². The molecule has 1 fully saturated rings. The minimum Gasteiger partial charge on any atom is -0.354 e. The fraction of sp³-hybridized carbons (Fsp3) is 0.250. The van der Waals surface area contributed by atoms with E-state index in [0.29, 0.717) is 21.2 Å². The predicted octanol–water partition coefficient (Wildman–Crippen LogP) is 2.19. The molecule has 0 spiro atoms. The zero-order valence-electron chi connectivity index (χ0n) is 12.9. The Bertz CT molecular complexity index is 927. The lowest BCUT2D eigenvalue weighted by Crippen LogP contribution is -2.18. The van der Waals surface area contributed by atoms with Gasteiger partial charge in [-0.25, -0.2) is 4.68 Å². The number of carbonyl (C=O) groups excluding carboxylic acids is 2. The third kappa shape index (κ3) is 2.54. The van der Waals surface area contributed by atoms with Crippen LogP contribution in [0, 0.1) is 5.92 Å². The molecule has 2 heterocycles. The zero-order valence-corrected chi connectivity index (χ0v) is 13.8. The first kappa shape index (κ1) is 14.8. The highest BCUT2D eigenvalue weighted by molar-refractivity contribution is 7.22. The second-order valence-corrected chi connectivity index (χ2v) is 6.61. The van der Waals surface area contributed by atoms with Gasteiger partial charge in [0.2, 0.25) is 5.91 Å². The molecule has 7 nitrogen and oxygen atoms in total. The van der Waals surface area contributed by atoms with Crippen LogP contribution in [0.2, 0.25) is 0 Å². The smallest absolute Gasteiger partial charge is 0.273 e. The molecule has 1 saturated carbocycles. The number of rotatable bonds is 4. The number of anilines is 1. The largest absolute Gasteiger partial charge is 0.354 e. The first-order valence-corrected chi connectivity index (χ1v) is 8.47. The molecular weight excluding hydrogens is 326 g/mol. The minimum atomic E-state index is -0.279. The number of carbonyl (C=O) groups is 2. The van der Waals surface area contributed by atoms with Gasteiger partial charge >= 0.3 is 0 Å². The van der Waals surface area contributed by atoms with Gasteiger partial charge in [-0.1, -0.05) is 29.5 Å². The second-order valence-electron chi connectivity index (χ2n) is 5.61. The number of fused-ring (bicyclic) bond motifs is 1. The van der Waals surface area contributed by atoms with Gasteiger partial charge in [-0.2, -0.15) is 10.1 Å². The van der Waals surface area contributed by atoms with Gasteiger partial charge in [0, 0.05) is 13.0 Å². The van der Waals surface area contributed by atoms with E-state index >= 15 is 0 Å². The average Bonchev–Trinajstić information content (AvgIpc) is 3.29. The number of amides is 2. The van der Waals surface area contributed by atoms with Gasteiger partial charge in [0.15, 0.2) is 16.5 Å².